The number of hydrazine groups is 1. The number of likely N-dealkylation sites (N-methyl/N-ethyl adjacent to an activating group) is 1. The minimum absolute atomic E-state index is 0.0175. The standard InChI is InChI=1S/C14H20N4O4/c1-10(19)16-17-14(21)9-18(2)8-13(20)15-11-4-6-12(22-3)7-5-11/h4-7H,8-9H2,1-3H3,(H,15,20)(H,16,19)(H,17,21). The van der Waals surface area contributed by atoms with Gasteiger partial charge in [0.05, 0.1) is 20.2 Å². The number of ether oxygens (including phenoxy) is 1. The molecule has 0 spiro atoms. The SMILES string of the molecule is COc1ccc(NC(=O)CN(C)CC(=O)NNC(C)=O)cc1. The van der Waals surface area contributed by atoms with Gasteiger partial charge in [-0.3, -0.25) is 30.1 Å². The molecule has 0 fully saturated rings. The third kappa shape index (κ3) is 6.71. The Bertz CT molecular complexity index is 530. The van der Waals surface area contributed by atoms with Gasteiger partial charge in [0, 0.05) is 12.6 Å². The van der Waals surface area contributed by atoms with Gasteiger partial charge in [-0.1, -0.05) is 0 Å². The average Bonchev–Trinajstić information content (AvgIpc) is 2.45. The molecule has 0 unspecified atom stereocenters. The van der Waals surface area contributed by atoms with Crippen molar-refractivity contribution in [3.05, 3.63) is 24.3 Å². The highest BCUT2D eigenvalue weighted by Gasteiger charge is 2.11. The third-order valence-corrected chi connectivity index (χ3v) is 2.58. The molecule has 0 aliphatic rings. The van der Waals surface area contributed by atoms with Gasteiger partial charge < -0.3 is 10.1 Å². The summed E-state index contributed by atoms with van der Waals surface area (Å²) in [5, 5.41) is 2.71. The van der Waals surface area contributed by atoms with Crippen LogP contribution < -0.4 is 20.9 Å². The number of hydrogen-bond donors (Lipinski definition) is 3. The summed E-state index contributed by atoms with van der Waals surface area (Å²) < 4.78 is 5.03. The molecule has 1 aromatic carbocycles. The molecule has 120 valence electrons. The zero-order chi connectivity index (χ0) is 16.5. The summed E-state index contributed by atoms with van der Waals surface area (Å²) in [5.74, 6) is -0.326. The highest BCUT2D eigenvalue weighted by Crippen LogP contribution is 2.14. The topological polar surface area (TPSA) is 99.8 Å². The van der Waals surface area contributed by atoms with Crippen molar-refractivity contribution in [2.24, 2.45) is 0 Å². The molecular formula is C14H20N4O4. The fourth-order valence-corrected chi connectivity index (χ4v) is 1.62. The Balaban J connectivity index is 2.36. The van der Waals surface area contributed by atoms with E-state index in [1.807, 2.05) is 0 Å². The smallest absolute Gasteiger partial charge is 0.252 e. The van der Waals surface area contributed by atoms with Crippen LogP contribution in [0.4, 0.5) is 5.69 Å². The molecule has 22 heavy (non-hydrogen) atoms. The van der Waals surface area contributed by atoms with Gasteiger partial charge in [-0.05, 0) is 31.3 Å². The van der Waals surface area contributed by atoms with Crippen LogP contribution in [0.25, 0.3) is 0 Å². The van der Waals surface area contributed by atoms with E-state index < -0.39 is 5.91 Å². The number of nitrogens with zero attached hydrogens (tertiary/aromatic N) is 1. The molecule has 0 aliphatic heterocycles. The largest absolute Gasteiger partial charge is 0.497 e. The number of rotatable bonds is 6. The van der Waals surface area contributed by atoms with Crippen molar-refractivity contribution in [2.75, 3.05) is 32.6 Å². The lowest BCUT2D eigenvalue weighted by molar-refractivity contribution is -0.128. The Morgan fingerprint density at radius 3 is 2.18 bits per heavy atom. The summed E-state index contributed by atoms with van der Waals surface area (Å²) in [4.78, 5) is 35.5. The molecule has 8 heteroatoms. The minimum atomic E-state index is -0.407. The van der Waals surface area contributed by atoms with E-state index in [-0.39, 0.29) is 24.9 Å². The first kappa shape index (κ1) is 17.4. The van der Waals surface area contributed by atoms with Gasteiger partial charge in [0.15, 0.2) is 0 Å². The van der Waals surface area contributed by atoms with E-state index in [9.17, 15) is 14.4 Å². The van der Waals surface area contributed by atoms with Crippen molar-refractivity contribution in [3.63, 3.8) is 0 Å². The Morgan fingerprint density at radius 1 is 1.05 bits per heavy atom. The van der Waals surface area contributed by atoms with Crippen LogP contribution in [0.15, 0.2) is 24.3 Å². The molecule has 3 N–H and O–H groups in total. The van der Waals surface area contributed by atoms with Crippen LogP contribution in [-0.4, -0.2) is 49.9 Å². The maximum atomic E-state index is 11.8. The summed E-state index contributed by atoms with van der Waals surface area (Å²) in [5.41, 5.74) is 5.04. The first-order valence-corrected chi connectivity index (χ1v) is 6.58. The molecular weight excluding hydrogens is 288 g/mol. The van der Waals surface area contributed by atoms with Crippen LogP contribution in [0.3, 0.4) is 0 Å². The summed E-state index contributed by atoms with van der Waals surface area (Å²) in [7, 11) is 3.19. The zero-order valence-electron chi connectivity index (χ0n) is 12.8. The van der Waals surface area contributed by atoms with E-state index >= 15 is 0 Å². The van der Waals surface area contributed by atoms with Gasteiger partial charge in [-0.2, -0.15) is 0 Å². The van der Waals surface area contributed by atoms with E-state index in [1.54, 1.807) is 38.4 Å². The number of carbonyl (C=O) groups is 3. The predicted octanol–water partition coefficient (Wildman–Crippen LogP) is -0.267. The van der Waals surface area contributed by atoms with E-state index in [1.165, 1.54) is 11.8 Å². The van der Waals surface area contributed by atoms with Crippen LogP contribution in [0.2, 0.25) is 0 Å². The number of nitrogens with one attached hydrogen (secondary N) is 3. The molecule has 0 heterocycles. The fourth-order valence-electron chi connectivity index (χ4n) is 1.62. The zero-order valence-corrected chi connectivity index (χ0v) is 12.8. The minimum Gasteiger partial charge on any atom is -0.497 e. The average molecular weight is 308 g/mol. The van der Waals surface area contributed by atoms with Gasteiger partial charge >= 0.3 is 0 Å². The molecule has 3 amide bonds. The molecule has 0 saturated heterocycles. The Kier molecular flexibility index (Phi) is 6.84. The summed E-state index contributed by atoms with van der Waals surface area (Å²) in [6.07, 6.45) is 0. The van der Waals surface area contributed by atoms with Gasteiger partial charge in [-0.25, -0.2) is 0 Å². The highest BCUT2D eigenvalue weighted by atomic mass is 16.5. The first-order valence-electron chi connectivity index (χ1n) is 6.58. The maximum Gasteiger partial charge on any atom is 0.252 e. The van der Waals surface area contributed by atoms with Gasteiger partial charge in [-0.15, -0.1) is 0 Å². The molecule has 1 rings (SSSR count). The normalized spacial score (nSPS) is 10.0. The molecule has 0 atom stereocenters. The molecule has 0 bridgehead atoms. The van der Waals surface area contributed by atoms with Crippen molar-refractivity contribution < 1.29 is 19.1 Å². The third-order valence-electron chi connectivity index (χ3n) is 2.58. The first-order chi connectivity index (χ1) is 10.4. The number of anilines is 1. The second kappa shape index (κ2) is 8.63. The number of amides is 3. The van der Waals surface area contributed by atoms with Crippen LogP contribution in [0.1, 0.15) is 6.92 Å². The Hall–Kier alpha value is -2.61. The number of benzene rings is 1. The molecule has 1 aromatic rings. The second-order valence-corrected chi connectivity index (χ2v) is 4.68. The molecule has 0 aromatic heterocycles. The van der Waals surface area contributed by atoms with Crippen molar-refractivity contribution in [3.8, 4) is 5.75 Å². The molecule has 8 nitrogen and oxygen atoms in total. The van der Waals surface area contributed by atoms with Crippen LogP contribution in [0.5, 0.6) is 5.75 Å². The number of carbonyl (C=O) groups excluding carboxylic acids is 3. The highest BCUT2D eigenvalue weighted by molar-refractivity contribution is 5.92. The second-order valence-electron chi connectivity index (χ2n) is 4.68. The lowest BCUT2D eigenvalue weighted by atomic mass is 10.3. The van der Waals surface area contributed by atoms with Crippen LogP contribution >= 0.6 is 0 Å². The molecule has 0 aliphatic carbocycles. The lowest BCUT2D eigenvalue weighted by Gasteiger charge is -2.16. The van der Waals surface area contributed by atoms with E-state index in [0.29, 0.717) is 11.4 Å². The monoisotopic (exact) mass is 308 g/mol. The predicted molar refractivity (Wildman–Crippen MR) is 81.1 cm³/mol. The number of methoxy groups -OCH3 is 1. The van der Waals surface area contributed by atoms with E-state index in [0.717, 1.165) is 0 Å². The van der Waals surface area contributed by atoms with Crippen molar-refractivity contribution >= 4 is 23.4 Å². The Labute approximate surface area is 128 Å². The molecule has 0 saturated carbocycles. The van der Waals surface area contributed by atoms with Gasteiger partial charge in [0.2, 0.25) is 11.8 Å². The Morgan fingerprint density at radius 2 is 1.64 bits per heavy atom. The van der Waals surface area contributed by atoms with Crippen LogP contribution in [0, 0.1) is 0 Å². The summed E-state index contributed by atoms with van der Waals surface area (Å²) >= 11 is 0. The van der Waals surface area contributed by atoms with Crippen LogP contribution in [-0.2, 0) is 14.4 Å². The fraction of sp³-hybridized carbons (Fsp3) is 0.357. The van der Waals surface area contributed by atoms with Gasteiger partial charge in [0.25, 0.3) is 5.91 Å². The summed E-state index contributed by atoms with van der Waals surface area (Å²) in [6.45, 7) is 1.31. The summed E-state index contributed by atoms with van der Waals surface area (Å²) in [6, 6.07) is 6.92. The van der Waals surface area contributed by atoms with Crippen molar-refractivity contribution in [2.45, 2.75) is 6.92 Å². The number of hydrogen-bond acceptors (Lipinski definition) is 5. The van der Waals surface area contributed by atoms with Crippen molar-refractivity contribution in [1.29, 1.82) is 0 Å². The van der Waals surface area contributed by atoms with Crippen molar-refractivity contribution in [1.82, 2.24) is 15.8 Å². The van der Waals surface area contributed by atoms with E-state index in [2.05, 4.69) is 16.2 Å². The molecule has 0 radical (unpaired) electrons. The van der Waals surface area contributed by atoms with E-state index in [4.69, 9.17) is 4.74 Å². The van der Waals surface area contributed by atoms with Gasteiger partial charge in [0.1, 0.15) is 5.75 Å². The lowest BCUT2D eigenvalue weighted by Crippen LogP contribution is -2.46. The quantitative estimate of drug-likeness (QED) is 0.628. The maximum absolute atomic E-state index is 11.8.